The van der Waals surface area contributed by atoms with E-state index in [2.05, 4.69) is 10.6 Å². The van der Waals surface area contributed by atoms with Gasteiger partial charge in [-0.1, -0.05) is 23.2 Å². The number of anilines is 2. The number of ether oxygens (including phenoxy) is 1. The van der Waals surface area contributed by atoms with Crippen LogP contribution < -0.4 is 15.4 Å². The van der Waals surface area contributed by atoms with Crippen molar-refractivity contribution in [2.75, 3.05) is 10.6 Å². The van der Waals surface area contributed by atoms with Crippen molar-refractivity contribution in [3.8, 4) is 11.5 Å². The van der Waals surface area contributed by atoms with Crippen molar-refractivity contribution < 1.29 is 24.2 Å². The molecule has 0 unspecified atom stereocenters. The Morgan fingerprint density at radius 3 is 1.31 bits per heavy atom. The number of nitro groups is 2. The molecule has 0 radical (unpaired) electrons. The summed E-state index contributed by atoms with van der Waals surface area (Å²) in [7, 11) is 0. The predicted molar refractivity (Wildman–Crippen MR) is 145 cm³/mol. The van der Waals surface area contributed by atoms with Crippen LogP contribution in [0.2, 0.25) is 10.0 Å². The topological polar surface area (TPSA) is 154 Å². The number of carbonyl (C=O) groups is 2. The first-order chi connectivity index (χ1) is 18.6. The van der Waals surface area contributed by atoms with Crippen molar-refractivity contribution in [2.24, 2.45) is 0 Å². The fourth-order valence-corrected chi connectivity index (χ4v) is 3.79. The van der Waals surface area contributed by atoms with Crippen molar-refractivity contribution in [2.45, 2.75) is 0 Å². The zero-order valence-electron chi connectivity index (χ0n) is 19.6. The third-order valence-electron chi connectivity index (χ3n) is 5.26. The van der Waals surface area contributed by atoms with Crippen molar-refractivity contribution >= 4 is 57.8 Å². The Morgan fingerprint density at radius 1 is 0.615 bits per heavy atom. The number of rotatable bonds is 8. The summed E-state index contributed by atoms with van der Waals surface area (Å²) in [5, 5.41) is 28.0. The number of carbonyl (C=O) groups excluding carboxylic acids is 2. The van der Waals surface area contributed by atoms with Crippen LogP contribution in [-0.2, 0) is 0 Å². The molecular formula is C26H16Cl2N4O7. The predicted octanol–water partition coefficient (Wildman–Crippen LogP) is 7.11. The Balaban J connectivity index is 1.39. The van der Waals surface area contributed by atoms with Crippen LogP contribution in [0.15, 0.2) is 84.9 Å². The SMILES string of the molecule is O=C(Nc1ccc(Oc2ccc(NC(=O)c3cc(Cl)ccc3[N+](=O)[O-])cc2)cc1)c1cc(Cl)ccc1[N+](=O)[O-]. The van der Waals surface area contributed by atoms with Gasteiger partial charge in [0, 0.05) is 33.6 Å². The maximum Gasteiger partial charge on any atom is 0.282 e. The second kappa shape index (κ2) is 11.6. The Kier molecular flexibility index (Phi) is 8.04. The lowest BCUT2D eigenvalue weighted by Crippen LogP contribution is -2.14. The normalized spacial score (nSPS) is 10.4. The molecular weight excluding hydrogens is 551 g/mol. The van der Waals surface area contributed by atoms with Gasteiger partial charge in [0.05, 0.1) is 9.85 Å². The van der Waals surface area contributed by atoms with Crippen molar-refractivity contribution in [3.05, 3.63) is 126 Å². The minimum atomic E-state index is -0.696. The van der Waals surface area contributed by atoms with E-state index in [1.807, 2.05) is 0 Å². The third-order valence-corrected chi connectivity index (χ3v) is 5.73. The van der Waals surface area contributed by atoms with Crippen LogP contribution in [0.4, 0.5) is 22.7 Å². The molecule has 0 aromatic heterocycles. The Labute approximate surface area is 230 Å². The molecule has 39 heavy (non-hydrogen) atoms. The summed E-state index contributed by atoms with van der Waals surface area (Å²) in [6.07, 6.45) is 0. The van der Waals surface area contributed by atoms with Gasteiger partial charge in [0.2, 0.25) is 0 Å². The molecule has 13 heteroatoms. The molecule has 0 aliphatic heterocycles. The van der Waals surface area contributed by atoms with Crippen LogP contribution in [0, 0.1) is 20.2 Å². The van der Waals surface area contributed by atoms with Crippen LogP contribution in [0.5, 0.6) is 11.5 Å². The molecule has 4 aromatic carbocycles. The lowest BCUT2D eigenvalue weighted by atomic mass is 10.1. The molecule has 0 atom stereocenters. The number of halogens is 2. The smallest absolute Gasteiger partial charge is 0.282 e. The maximum absolute atomic E-state index is 12.6. The highest BCUT2D eigenvalue weighted by Gasteiger charge is 2.22. The van der Waals surface area contributed by atoms with Crippen LogP contribution in [0.1, 0.15) is 20.7 Å². The molecule has 196 valence electrons. The van der Waals surface area contributed by atoms with Crippen molar-refractivity contribution in [3.63, 3.8) is 0 Å². The molecule has 2 amide bonds. The van der Waals surface area contributed by atoms with Crippen molar-refractivity contribution in [1.82, 2.24) is 0 Å². The van der Waals surface area contributed by atoms with E-state index in [1.54, 1.807) is 48.5 Å². The van der Waals surface area contributed by atoms with Gasteiger partial charge in [0.1, 0.15) is 22.6 Å². The first kappa shape index (κ1) is 27.0. The molecule has 4 rings (SSSR count). The van der Waals surface area contributed by atoms with Gasteiger partial charge < -0.3 is 15.4 Å². The van der Waals surface area contributed by atoms with Gasteiger partial charge in [0.25, 0.3) is 23.2 Å². The highest BCUT2D eigenvalue weighted by Crippen LogP contribution is 2.28. The van der Waals surface area contributed by atoms with Gasteiger partial charge in [-0.25, -0.2) is 0 Å². The number of amides is 2. The fraction of sp³-hybridized carbons (Fsp3) is 0. The molecule has 0 bridgehead atoms. The summed E-state index contributed by atoms with van der Waals surface area (Å²) in [6.45, 7) is 0. The Hall–Kier alpha value is -5.00. The van der Waals surface area contributed by atoms with Gasteiger partial charge in [-0.3, -0.25) is 29.8 Å². The average molecular weight is 567 g/mol. The van der Waals surface area contributed by atoms with E-state index < -0.39 is 21.7 Å². The second-order valence-electron chi connectivity index (χ2n) is 7.90. The van der Waals surface area contributed by atoms with Gasteiger partial charge in [-0.05, 0) is 72.8 Å². The number of nitrogens with zero attached hydrogens (tertiary/aromatic N) is 2. The highest BCUT2D eigenvalue weighted by atomic mass is 35.5. The number of benzene rings is 4. The van der Waals surface area contributed by atoms with E-state index in [-0.39, 0.29) is 32.5 Å². The molecule has 0 saturated heterocycles. The van der Waals surface area contributed by atoms with Gasteiger partial charge >= 0.3 is 0 Å². The lowest BCUT2D eigenvalue weighted by molar-refractivity contribution is -0.385. The summed E-state index contributed by atoms with van der Waals surface area (Å²) in [5.74, 6) is -0.543. The molecule has 0 saturated carbocycles. The van der Waals surface area contributed by atoms with Gasteiger partial charge in [-0.2, -0.15) is 0 Å². The molecule has 0 heterocycles. The summed E-state index contributed by atoms with van der Waals surface area (Å²) >= 11 is 11.8. The first-order valence-corrected chi connectivity index (χ1v) is 11.7. The lowest BCUT2D eigenvalue weighted by Gasteiger charge is -2.10. The van der Waals surface area contributed by atoms with E-state index in [9.17, 15) is 29.8 Å². The van der Waals surface area contributed by atoms with E-state index in [4.69, 9.17) is 27.9 Å². The molecule has 11 nitrogen and oxygen atoms in total. The van der Waals surface area contributed by atoms with Crippen LogP contribution in [0.3, 0.4) is 0 Å². The van der Waals surface area contributed by atoms with E-state index in [1.165, 1.54) is 24.3 Å². The molecule has 0 spiro atoms. The maximum atomic E-state index is 12.6. The molecule has 0 fully saturated rings. The van der Waals surface area contributed by atoms with Crippen LogP contribution in [0.25, 0.3) is 0 Å². The monoisotopic (exact) mass is 566 g/mol. The largest absolute Gasteiger partial charge is 0.457 e. The fourth-order valence-electron chi connectivity index (χ4n) is 3.44. The molecule has 0 aliphatic rings. The van der Waals surface area contributed by atoms with Gasteiger partial charge in [0.15, 0.2) is 0 Å². The number of nitro benzene ring substituents is 2. The van der Waals surface area contributed by atoms with E-state index in [0.29, 0.717) is 22.9 Å². The van der Waals surface area contributed by atoms with Crippen LogP contribution >= 0.6 is 23.2 Å². The third kappa shape index (κ3) is 6.66. The minimum Gasteiger partial charge on any atom is -0.457 e. The highest BCUT2D eigenvalue weighted by molar-refractivity contribution is 6.31. The molecule has 0 aliphatic carbocycles. The summed E-state index contributed by atoms with van der Waals surface area (Å²) < 4.78 is 5.76. The molecule has 2 N–H and O–H groups in total. The second-order valence-corrected chi connectivity index (χ2v) is 8.77. The van der Waals surface area contributed by atoms with Crippen LogP contribution in [-0.4, -0.2) is 21.7 Å². The average Bonchev–Trinajstić information content (AvgIpc) is 2.90. The molecule has 4 aromatic rings. The van der Waals surface area contributed by atoms with Gasteiger partial charge in [-0.15, -0.1) is 0 Å². The summed E-state index contributed by atoms with van der Waals surface area (Å²) in [6, 6.07) is 19.9. The summed E-state index contributed by atoms with van der Waals surface area (Å²) in [5.41, 5.74) is -0.357. The summed E-state index contributed by atoms with van der Waals surface area (Å²) in [4.78, 5) is 46.2. The minimum absolute atomic E-state index is 0.176. The zero-order chi connectivity index (χ0) is 28.1. The zero-order valence-corrected chi connectivity index (χ0v) is 21.1. The quantitative estimate of drug-likeness (QED) is 0.170. The van der Waals surface area contributed by atoms with E-state index >= 15 is 0 Å². The number of hydrogen-bond donors (Lipinski definition) is 2. The number of nitrogens with one attached hydrogen (secondary N) is 2. The standard InChI is InChI=1S/C26H16Cl2N4O7/c27-15-1-11-23(31(35)36)21(13-15)25(33)29-17-3-7-19(8-4-17)39-20-9-5-18(6-10-20)30-26(34)22-14-16(28)2-12-24(22)32(37)38/h1-14H,(H,29,33)(H,30,34). The number of hydrogen-bond acceptors (Lipinski definition) is 7. The van der Waals surface area contributed by atoms with Crippen molar-refractivity contribution in [1.29, 1.82) is 0 Å². The first-order valence-electron chi connectivity index (χ1n) is 11.0. The Morgan fingerprint density at radius 2 is 0.974 bits per heavy atom. The Bertz CT molecular complexity index is 1470. The van der Waals surface area contributed by atoms with E-state index in [0.717, 1.165) is 12.1 Å².